The van der Waals surface area contributed by atoms with Crippen molar-refractivity contribution in [2.24, 2.45) is 8.20 Å². The van der Waals surface area contributed by atoms with E-state index >= 15 is 0 Å². The van der Waals surface area contributed by atoms with E-state index < -0.39 is 21.0 Å². The van der Waals surface area contributed by atoms with Gasteiger partial charge in [0.2, 0.25) is 5.90 Å². The van der Waals surface area contributed by atoms with Crippen LogP contribution >= 0.6 is 36.9 Å². The molecule has 1 aromatic carbocycles. The molecule has 1 heterocycles. The van der Waals surface area contributed by atoms with Crippen LogP contribution in [0.5, 0.6) is 0 Å². The highest BCUT2D eigenvalue weighted by atomic mass is 127. The van der Waals surface area contributed by atoms with Crippen molar-refractivity contribution in [2.45, 2.75) is 27.7 Å². The maximum Gasteiger partial charge on any atom is 0.229 e. The quantitative estimate of drug-likeness (QED) is 0.418. The average molecular weight is 473 g/mol. The van der Waals surface area contributed by atoms with Gasteiger partial charge in [0.15, 0.2) is 3.69 Å². The Morgan fingerprint density at radius 1 is 1.18 bits per heavy atom. The largest absolute Gasteiger partial charge is 0.430 e. The molecule has 0 saturated carbocycles. The van der Waals surface area contributed by atoms with Crippen LogP contribution in [-0.2, 0) is 4.74 Å². The van der Waals surface area contributed by atoms with Crippen LogP contribution in [-0.4, -0.2) is 15.8 Å². The minimum Gasteiger partial charge on any atom is -0.430 e. The molecule has 0 unspecified atom stereocenters. The maximum absolute atomic E-state index is 5.94. The molecule has 0 spiro atoms. The normalized spacial score (nSPS) is 15.5. The van der Waals surface area contributed by atoms with Gasteiger partial charge < -0.3 is 4.74 Å². The Labute approximate surface area is 150 Å². The van der Waals surface area contributed by atoms with Gasteiger partial charge in [-0.25, -0.2) is 0 Å². The van der Waals surface area contributed by atoms with Gasteiger partial charge >= 0.3 is 0 Å². The van der Waals surface area contributed by atoms with Crippen molar-refractivity contribution in [1.29, 1.82) is 0 Å². The first-order valence-corrected chi connectivity index (χ1v) is 9.70. The number of hydrogen-bond donors (Lipinski definition) is 0. The molecule has 3 nitrogen and oxygen atoms in total. The van der Waals surface area contributed by atoms with Crippen LogP contribution in [0.15, 0.2) is 59.9 Å². The summed E-state index contributed by atoms with van der Waals surface area (Å²) in [5, 5.41) is 0. The molecule has 0 saturated heterocycles. The second-order valence-electron chi connectivity index (χ2n) is 5.03. The predicted octanol–water partition coefficient (Wildman–Crippen LogP) is 5.53. The molecule has 5 heteroatoms. The lowest BCUT2D eigenvalue weighted by molar-refractivity contribution is 0.567. The molecule has 2 rings (SSSR count). The van der Waals surface area contributed by atoms with E-state index in [-0.39, 0.29) is 0 Å². The molecule has 0 aromatic heterocycles. The molecule has 22 heavy (non-hydrogen) atoms. The summed E-state index contributed by atoms with van der Waals surface area (Å²) in [4.78, 5) is 4.48. The first kappa shape index (κ1) is 17.3. The van der Waals surface area contributed by atoms with Gasteiger partial charge in [0.25, 0.3) is 0 Å². The first-order chi connectivity index (χ1) is 10.5. The molecular formula is C17H18BrIN2O. The molecule has 0 N–H and O–H groups in total. The van der Waals surface area contributed by atoms with Crippen molar-refractivity contribution >= 4 is 52.7 Å². The van der Waals surface area contributed by atoms with Gasteiger partial charge in [-0.2, -0.15) is 3.21 Å². The third kappa shape index (κ3) is 4.46. The first-order valence-electron chi connectivity index (χ1n) is 6.86. The van der Waals surface area contributed by atoms with Crippen LogP contribution in [0, 0.1) is 0 Å². The summed E-state index contributed by atoms with van der Waals surface area (Å²) < 4.78 is 12.5. The number of rotatable bonds is 4. The van der Waals surface area contributed by atoms with E-state index in [1.807, 2.05) is 52.1 Å². The molecule has 0 aliphatic carbocycles. The zero-order chi connectivity index (χ0) is 16.1. The molecule has 0 atom stereocenters. The van der Waals surface area contributed by atoms with E-state index in [2.05, 4.69) is 36.3 Å². The molecular weight excluding hydrogens is 455 g/mol. The van der Waals surface area contributed by atoms with Crippen molar-refractivity contribution in [3.63, 3.8) is 0 Å². The van der Waals surface area contributed by atoms with E-state index in [0.717, 1.165) is 25.0 Å². The number of halogens is 2. The summed E-state index contributed by atoms with van der Waals surface area (Å²) in [5.41, 5.74) is 4.20. The second kappa shape index (κ2) is 7.97. The lowest BCUT2D eigenvalue weighted by Crippen LogP contribution is -2.09. The minimum absolute atomic E-state index is 0.457. The third-order valence-corrected chi connectivity index (χ3v) is 6.05. The van der Waals surface area contributed by atoms with Crippen LogP contribution in [0.3, 0.4) is 0 Å². The highest BCUT2D eigenvalue weighted by Crippen LogP contribution is 2.24. The van der Waals surface area contributed by atoms with Crippen LogP contribution in [0.25, 0.3) is 0 Å². The predicted molar refractivity (Wildman–Crippen MR) is 107 cm³/mol. The Hall–Kier alpha value is -1.08. The van der Waals surface area contributed by atoms with Crippen molar-refractivity contribution < 1.29 is 4.74 Å². The molecule has 0 amide bonds. The van der Waals surface area contributed by atoms with Crippen LogP contribution < -0.4 is 0 Å². The van der Waals surface area contributed by atoms with Gasteiger partial charge in [0, 0.05) is 27.5 Å². The fourth-order valence-corrected chi connectivity index (χ4v) is 3.49. The standard InChI is InChI=1S/C17H18BrIN2O/c1-11(2)15(18)10-20-13(4)12(3)17-21-19-16(22-17)14-8-6-5-7-9-14/h5-10H,1-4H3/b13-12+,20-10?. The number of benzene rings is 1. The van der Waals surface area contributed by atoms with Gasteiger partial charge in [-0.1, -0.05) is 35.9 Å². The fraction of sp³-hybridized carbons (Fsp3) is 0.235. The summed E-state index contributed by atoms with van der Waals surface area (Å²) in [5.74, 6) is 0.703. The van der Waals surface area contributed by atoms with Crippen molar-refractivity contribution in [3.8, 4) is 0 Å². The summed E-state index contributed by atoms with van der Waals surface area (Å²) in [6.45, 7) is 8.05. The lowest BCUT2D eigenvalue weighted by atomic mass is 10.2. The number of ether oxygens (including phenoxy) is 1. The van der Waals surface area contributed by atoms with Crippen molar-refractivity contribution in [3.05, 3.63) is 57.2 Å². The van der Waals surface area contributed by atoms with Crippen LogP contribution in [0.2, 0.25) is 0 Å². The SMILES string of the molecule is CC(C)=C(Br)C=N/C(C)=C(\C)C1=NI=C(c2ccccc2)O1. The fourth-order valence-electron chi connectivity index (χ4n) is 1.55. The Balaban J connectivity index is 2.11. The highest BCUT2D eigenvalue weighted by Gasteiger charge is 2.17. The Bertz CT molecular complexity index is 711. The number of hydrogen-bond acceptors (Lipinski definition) is 3. The molecule has 116 valence electrons. The van der Waals surface area contributed by atoms with E-state index in [4.69, 9.17) is 4.74 Å². The Kier molecular flexibility index (Phi) is 6.26. The van der Waals surface area contributed by atoms with Gasteiger partial charge in [-0.15, -0.1) is 0 Å². The van der Waals surface area contributed by atoms with Gasteiger partial charge in [0.05, 0.1) is 21.0 Å². The smallest absolute Gasteiger partial charge is 0.229 e. The summed E-state index contributed by atoms with van der Waals surface area (Å²) in [7, 11) is 0. The van der Waals surface area contributed by atoms with Gasteiger partial charge in [-0.3, -0.25) is 4.99 Å². The van der Waals surface area contributed by atoms with E-state index in [1.54, 1.807) is 0 Å². The van der Waals surface area contributed by atoms with Gasteiger partial charge in [-0.05, 0) is 43.6 Å². The summed E-state index contributed by atoms with van der Waals surface area (Å²) in [6.07, 6.45) is 1.82. The average Bonchev–Trinajstić information content (AvgIpc) is 3.02. The number of allylic oxidation sites excluding steroid dienone is 3. The molecule has 1 aliphatic rings. The second-order valence-corrected chi connectivity index (χ2v) is 7.83. The molecule has 1 aliphatic heterocycles. The van der Waals surface area contributed by atoms with E-state index in [1.165, 1.54) is 5.57 Å². The van der Waals surface area contributed by atoms with E-state index in [9.17, 15) is 0 Å². The number of nitrogens with zero attached hydrogens (tertiary/aromatic N) is 2. The minimum atomic E-state index is -0.457. The Morgan fingerprint density at radius 2 is 1.86 bits per heavy atom. The molecule has 0 fully saturated rings. The summed E-state index contributed by atoms with van der Waals surface area (Å²) in [6, 6.07) is 10.2. The highest BCUT2D eigenvalue weighted by molar-refractivity contribution is 14.2. The van der Waals surface area contributed by atoms with Crippen LogP contribution in [0.4, 0.5) is 0 Å². The third-order valence-electron chi connectivity index (χ3n) is 3.10. The topological polar surface area (TPSA) is 34.0 Å². The van der Waals surface area contributed by atoms with E-state index in [0.29, 0.717) is 5.90 Å². The molecule has 0 bridgehead atoms. The lowest BCUT2D eigenvalue weighted by Gasteiger charge is -2.07. The zero-order valence-corrected chi connectivity index (χ0v) is 16.8. The van der Waals surface area contributed by atoms with Gasteiger partial charge in [0.1, 0.15) is 0 Å². The Morgan fingerprint density at radius 3 is 2.50 bits per heavy atom. The van der Waals surface area contributed by atoms with Crippen molar-refractivity contribution in [1.82, 2.24) is 0 Å². The van der Waals surface area contributed by atoms with Crippen molar-refractivity contribution in [2.75, 3.05) is 0 Å². The zero-order valence-electron chi connectivity index (χ0n) is 13.0. The van der Waals surface area contributed by atoms with Crippen LogP contribution in [0.1, 0.15) is 33.3 Å². The molecule has 1 aromatic rings. The monoisotopic (exact) mass is 472 g/mol. The maximum atomic E-state index is 5.94. The molecule has 0 radical (unpaired) electrons. The summed E-state index contributed by atoms with van der Waals surface area (Å²) >= 11 is 3.03. The number of aliphatic imine (C=N–C) groups is 1.